The van der Waals surface area contributed by atoms with Gasteiger partial charge in [-0.2, -0.15) is 5.26 Å². The Hall–Kier alpha value is -2.46. The van der Waals surface area contributed by atoms with Crippen LogP contribution >= 0.6 is 0 Å². The summed E-state index contributed by atoms with van der Waals surface area (Å²) in [5, 5.41) is 15.2. The van der Waals surface area contributed by atoms with Crippen LogP contribution in [0.5, 0.6) is 0 Å². The molecule has 150 valence electrons. The van der Waals surface area contributed by atoms with Gasteiger partial charge in [0, 0.05) is 30.3 Å². The summed E-state index contributed by atoms with van der Waals surface area (Å²) in [5.41, 5.74) is 0.646. The van der Waals surface area contributed by atoms with Crippen molar-refractivity contribution in [1.82, 2.24) is 15.5 Å². The van der Waals surface area contributed by atoms with Gasteiger partial charge in [-0.25, -0.2) is 4.39 Å². The summed E-state index contributed by atoms with van der Waals surface area (Å²) in [6, 6.07) is 11.5. The maximum Gasteiger partial charge on any atom is 0.237 e. The Morgan fingerprint density at radius 3 is 2.68 bits per heavy atom. The Balaban J connectivity index is 1.43. The van der Waals surface area contributed by atoms with Crippen LogP contribution < -0.4 is 10.6 Å². The third-order valence-electron chi connectivity index (χ3n) is 5.40. The molecule has 1 aliphatic carbocycles. The number of likely N-dealkylation sites (tertiary alicyclic amines) is 1. The zero-order valence-corrected chi connectivity index (χ0v) is 16.3. The van der Waals surface area contributed by atoms with E-state index in [0.717, 1.165) is 6.42 Å². The molecule has 1 aromatic carbocycles. The van der Waals surface area contributed by atoms with E-state index in [1.54, 1.807) is 0 Å². The summed E-state index contributed by atoms with van der Waals surface area (Å²) >= 11 is 0. The van der Waals surface area contributed by atoms with Gasteiger partial charge < -0.3 is 15.5 Å². The molecule has 1 heterocycles. The van der Waals surface area contributed by atoms with Gasteiger partial charge in [0.25, 0.3) is 0 Å². The van der Waals surface area contributed by atoms with Gasteiger partial charge in [0.05, 0.1) is 19.2 Å². The molecule has 2 fully saturated rings. The fourth-order valence-electron chi connectivity index (χ4n) is 3.74. The highest BCUT2D eigenvalue weighted by Crippen LogP contribution is 2.40. The van der Waals surface area contributed by atoms with E-state index in [-0.39, 0.29) is 43.8 Å². The number of benzene rings is 1. The predicted octanol–water partition coefficient (Wildman–Crippen LogP) is 1.88. The van der Waals surface area contributed by atoms with Crippen LogP contribution in [0.4, 0.5) is 4.39 Å². The summed E-state index contributed by atoms with van der Waals surface area (Å²) in [6.45, 7) is 3.64. The van der Waals surface area contributed by atoms with Crippen LogP contribution in [-0.2, 0) is 9.59 Å². The molecule has 3 rings (SSSR count). The van der Waals surface area contributed by atoms with E-state index in [0.29, 0.717) is 5.92 Å². The van der Waals surface area contributed by atoms with Crippen molar-refractivity contribution in [2.75, 3.05) is 13.1 Å². The van der Waals surface area contributed by atoms with Crippen LogP contribution in [0.2, 0.25) is 0 Å². The van der Waals surface area contributed by atoms with E-state index in [4.69, 9.17) is 5.26 Å². The van der Waals surface area contributed by atoms with Gasteiger partial charge in [0.1, 0.15) is 12.2 Å². The molecule has 1 aromatic rings. The molecule has 1 aliphatic heterocycles. The lowest BCUT2D eigenvalue weighted by atomic mass is 10.00. The molecule has 0 aromatic heterocycles. The second kappa shape index (κ2) is 8.27. The number of nitrogens with zero attached hydrogens (tertiary/aromatic N) is 2. The first-order valence-corrected chi connectivity index (χ1v) is 9.71. The smallest absolute Gasteiger partial charge is 0.237 e. The minimum absolute atomic E-state index is 0.0265. The Bertz CT molecular complexity index is 761. The monoisotopic (exact) mass is 386 g/mol. The lowest BCUT2D eigenvalue weighted by Crippen LogP contribution is -2.49. The van der Waals surface area contributed by atoms with Crippen molar-refractivity contribution >= 4 is 11.8 Å². The van der Waals surface area contributed by atoms with Gasteiger partial charge in [0.2, 0.25) is 11.8 Å². The van der Waals surface area contributed by atoms with Crippen molar-refractivity contribution < 1.29 is 14.0 Å². The molecule has 2 amide bonds. The lowest BCUT2D eigenvalue weighted by molar-refractivity contribution is -0.131. The minimum atomic E-state index is -1.15. The fourth-order valence-corrected chi connectivity index (χ4v) is 3.74. The molecule has 7 heteroatoms. The quantitative estimate of drug-likeness (QED) is 0.749. The van der Waals surface area contributed by atoms with Crippen molar-refractivity contribution in [2.24, 2.45) is 0 Å². The van der Waals surface area contributed by atoms with E-state index >= 15 is 0 Å². The van der Waals surface area contributed by atoms with E-state index < -0.39 is 17.8 Å². The highest BCUT2D eigenvalue weighted by Gasteiger charge is 2.40. The topological polar surface area (TPSA) is 85.2 Å². The third kappa shape index (κ3) is 5.08. The zero-order chi connectivity index (χ0) is 20.3. The molecule has 0 radical (unpaired) electrons. The molecule has 0 unspecified atom stereocenters. The van der Waals surface area contributed by atoms with E-state index in [1.165, 1.54) is 10.5 Å². The molecule has 0 spiro atoms. The van der Waals surface area contributed by atoms with Gasteiger partial charge in [-0.3, -0.25) is 9.59 Å². The SMILES string of the molecule is CC(C)(CC(=O)N[C@@H]1C[C@H]1c1ccccc1)NCC(=O)N1C[C@@H](F)C[C@H]1C#N. The summed E-state index contributed by atoms with van der Waals surface area (Å²) in [4.78, 5) is 26.0. The normalized spacial score (nSPS) is 26.6. The number of nitriles is 1. The number of carbonyl (C=O) groups is 2. The summed E-state index contributed by atoms with van der Waals surface area (Å²) in [6.07, 6.45) is 0.0873. The average Bonchev–Trinajstić information content (AvgIpc) is 3.30. The Kier molecular flexibility index (Phi) is 5.99. The van der Waals surface area contributed by atoms with Crippen LogP contribution in [0.15, 0.2) is 30.3 Å². The van der Waals surface area contributed by atoms with Crippen LogP contribution in [0.25, 0.3) is 0 Å². The zero-order valence-electron chi connectivity index (χ0n) is 16.3. The van der Waals surface area contributed by atoms with Gasteiger partial charge in [-0.05, 0) is 25.8 Å². The first kappa shape index (κ1) is 20.3. The predicted molar refractivity (Wildman–Crippen MR) is 103 cm³/mol. The number of carbonyl (C=O) groups excluding carboxylic acids is 2. The second-order valence-corrected chi connectivity index (χ2v) is 8.37. The van der Waals surface area contributed by atoms with Gasteiger partial charge in [-0.15, -0.1) is 0 Å². The van der Waals surface area contributed by atoms with Crippen molar-refractivity contribution in [1.29, 1.82) is 5.26 Å². The molecule has 28 heavy (non-hydrogen) atoms. The number of hydrogen-bond donors (Lipinski definition) is 2. The molecule has 1 saturated carbocycles. The number of alkyl halides is 1. The first-order chi connectivity index (χ1) is 13.3. The number of nitrogens with one attached hydrogen (secondary N) is 2. The molecular formula is C21H27FN4O2. The summed E-state index contributed by atoms with van der Waals surface area (Å²) < 4.78 is 13.5. The van der Waals surface area contributed by atoms with E-state index in [2.05, 4.69) is 22.8 Å². The molecule has 4 atom stereocenters. The molecule has 0 bridgehead atoms. The highest BCUT2D eigenvalue weighted by molar-refractivity contribution is 5.80. The van der Waals surface area contributed by atoms with Crippen LogP contribution in [0.1, 0.15) is 44.6 Å². The van der Waals surface area contributed by atoms with Crippen molar-refractivity contribution in [3.8, 4) is 6.07 Å². The average molecular weight is 386 g/mol. The van der Waals surface area contributed by atoms with Gasteiger partial charge in [-0.1, -0.05) is 30.3 Å². The number of halogens is 1. The standard InChI is InChI=1S/C21H27FN4O2/c1-21(2,24-12-20(28)26-13-15(22)8-16(26)11-23)10-19(27)25-18-9-17(18)14-6-4-3-5-7-14/h3-7,15-18,24H,8-10,12-13H2,1-2H3,(H,25,27)/t15-,16-,17-,18+/m0/s1. The Labute approximate surface area is 165 Å². The first-order valence-electron chi connectivity index (χ1n) is 9.71. The fraction of sp³-hybridized carbons (Fsp3) is 0.571. The van der Waals surface area contributed by atoms with Crippen LogP contribution in [0, 0.1) is 11.3 Å². The van der Waals surface area contributed by atoms with Crippen LogP contribution in [-0.4, -0.2) is 53.6 Å². The number of amides is 2. The number of rotatable bonds is 7. The van der Waals surface area contributed by atoms with Crippen molar-refractivity contribution in [3.63, 3.8) is 0 Å². The van der Waals surface area contributed by atoms with E-state index in [1.807, 2.05) is 38.1 Å². The van der Waals surface area contributed by atoms with Crippen LogP contribution in [0.3, 0.4) is 0 Å². The molecule has 2 N–H and O–H groups in total. The summed E-state index contributed by atoms with van der Waals surface area (Å²) in [7, 11) is 0. The van der Waals surface area contributed by atoms with Crippen molar-refractivity contribution in [3.05, 3.63) is 35.9 Å². The molecule has 6 nitrogen and oxygen atoms in total. The third-order valence-corrected chi connectivity index (χ3v) is 5.40. The molecule has 2 aliphatic rings. The lowest BCUT2D eigenvalue weighted by Gasteiger charge is -2.27. The van der Waals surface area contributed by atoms with Gasteiger partial charge >= 0.3 is 0 Å². The Morgan fingerprint density at radius 2 is 2.00 bits per heavy atom. The number of hydrogen-bond acceptors (Lipinski definition) is 4. The maximum absolute atomic E-state index is 13.5. The highest BCUT2D eigenvalue weighted by atomic mass is 19.1. The Morgan fingerprint density at radius 1 is 1.29 bits per heavy atom. The minimum Gasteiger partial charge on any atom is -0.353 e. The molecular weight excluding hydrogens is 359 g/mol. The van der Waals surface area contributed by atoms with Crippen molar-refractivity contribution in [2.45, 2.75) is 62.8 Å². The largest absolute Gasteiger partial charge is 0.353 e. The summed E-state index contributed by atoms with van der Waals surface area (Å²) in [5.74, 6) is -0.00526. The van der Waals surface area contributed by atoms with Gasteiger partial charge in [0.15, 0.2) is 0 Å². The second-order valence-electron chi connectivity index (χ2n) is 8.37. The van der Waals surface area contributed by atoms with E-state index in [9.17, 15) is 14.0 Å². The maximum atomic E-state index is 13.5. The molecule has 1 saturated heterocycles.